The Balaban J connectivity index is 1.67. The molecule has 1 saturated heterocycles. The number of hydrogen-bond acceptors (Lipinski definition) is 4. The summed E-state index contributed by atoms with van der Waals surface area (Å²) in [7, 11) is 0. The Hall–Kier alpha value is -1.18. The first-order valence-corrected chi connectivity index (χ1v) is 9.98. The number of benzene rings is 1. The maximum atomic E-state index is 6.03. The molecule has 1 aliphatic heterocycles. The molecule has 7 heteroatoms. The Morgan fingerprint density at radius 1 is 1.28 bits per heavy atom. The van der Waals surface area contributed by atoms with E-state index in [1.165, 1.54) is 4.88 Å². The minimum atomic E-state index is 0.163. The highest BCUT2D eigenvalue weighted by atomic mass is 35.5. The minimum absolute atomic E-state index is 0.163. The molecule has 3 rings (SSSR count). The van der Waals surface area contributed by atoms with Crippen LogP contribution in [0.3, 0.4) is 0 Å². The molecule has 0 unspecified atom stereocenters. The number of ether oxygens (including phenoxy) is 1. The van der Waals surface area contributed by atoms with E-state index in [1.54, 1.807) is 11.3 Å². The summed E-state index contributed by atoms with van der Waals surface area (Å²) in [5.41, 5.74) is 0.885. The third kappa shape index (κ3) is 5.15. The molecule has 0 aliphatic carbocycles. The zero-order valence-corrected chi connectivity index (χ0v) is 16.5. The zero-order valence-electron chi connectivity index (χ0n) is 14.1. The first-order chi connectivity index (χ1) is 12.1. The van der Waals surface area contributed by atoms with Crippen LogP contribution in [0.4, 0.5) is 5.69 Å². The van der Waals surface area contributed by atoms with Crippen LogP contribution in [0.15, 0.2) is 41.8 Å². The molecule has 2 heterocycles. The number of thiocarbonyl (C=S) groups is 1. The third-order valence-electron chi connectivity index (χ3n) is 4.19. The Morgan fingerprint density at radius 2 is 2.08 bits per heavy atom. The van der Waals surface area contributed by atoms with Gasteiger partial charge in [0, 0.05) is 34.7 Å². The van der Waals surface area contributed by atoms with E-state index >= 15 is 0 Å². The monoisotopic (exact) mass is 395 g/mol. The summed E-state index contributed by atoms with van der Waals surface area (Å²) in [6.45, 7) is 5.59. The average molecular weight is 396 g/mol. The molecule has 0 spiro atoms. The standard InChI is InChI=1S/C18H22ClN3OS2/c1-13(20-18(24)21-15-5-2-4-14(19)12-15)17(16-6-3-11-25-16)22-7-9-23-10-8-22/h2-6,11-13,17H,7-10H2,1H3,(H2,20,21,24)/t13-,17-/m0/s1. The van der Waals surface area contributed by atoms with Gasteiger partial charge >= 0.3 is 0 Å². The molecule has 2 aromatic rings. The first-order valence-electron chi connectivity index (χ1n) is 8.32. The quantitative estimate of drug-likeness (QED) is 0.744. The van der Waals surface area contributed by atoms with E-state index in [9.17, 15) is 0 Å². The first kappa shape index (κ1) is 18.6. The van der Waals surface area contributed by atoms with Gasteiger partial charge in [0.25, 0.3) is 0 Å². The molecule has 25 heavy (non-hydrogen) atoms. The van der Waals surface area contributed by atoms with E-state index in [0.29, 0.717) is 10.1 Å². The van der Waals surface area contributed by atoms with Crippen LogP contribution in [-0.2, 0) is 4.74 Å². The van der Waals surface area contributed by atoms with Gasteiger partial charge in [0.2, 0.25) is 0 Å². The molecule has 1 aromatic carbocycles. The summed E-state index contributed by atoms with van der Waals surface area (Å²) in [6, 6.07) is 12.3. The second-order valence-electron chi connectivity index (χ2n) is 6.01. The largest absolute Gasteiger partial charge is 0.379 e. The highest BCUT2D eigenvalue weighted by molar-refractivity contribution is 7.80. The predicted octanol–water partition coefficient (Wildman–Crippen LogP) is 4.15. The fraction of sp³-hybridized carbons (Fsp3) is 0.389. The lowest BCUT2D eigenvalue weighted by Gasteiger charge is -2.38. The van der Waals surface area contributed by atoms with Crippen LogP contribution < -0.4 is 10.6 Å². The van der Waals surface area contributed by atoms with E-state index in [1.807, 2.05) is 24.3 Å². The van der Waals surface area contributed by atoms with Crippen molar-refractivity contribution in [3.8, 4) is 0 Å². The molecule has 1 aliphatic rings. The normalized spacial score (nSPS) is 17.7. The fourth-order valence-electron chi connectivity index (χ4n) is 3.08. The summed E-state index contributed by atoms with van der Waals surface area (Å²) in [4.78, 5) is 3.81. The highest BCUT2D eigenvalue weighted by Crippen LogP contribution is 2.29. The molecule has 0 radical (unpaired) electrons. The second-order valence-corrected chi connectivity index (χ2v) is 7.83. The molecular formula is C18H22ClN3OS2. The SMILES string of the molecule is C[C@H](NC(=S)Nc1cccc(Cl)c1)[C@@H](c1cccs1)N1CCOCC1. The molecular weight excluding hydrogens is 374 g/mol. The summed E-state index contributed by atoms with van der Waals surface area (Å²) in [5, 5.41) is 10.1. The van der Waals surface area contributed by atoms with Gasteiger partial charge in [0.05, 0.1) is 19.3 Å². The average Bonchev–Trinajstić information content (AvgIpc) is 3.10. The van der Waals surface area contributed by atoms with E-state index < -0.39 is 0 Å². The highest BCUT2D eigenvalue weighted by Gasteiger charge is 2.28. The summed E-state index contributed by atoms with van der Waals surface area (Å²) < 4.78 is 5.51. The zero-order chi connectivity index (χ0) is 17.6. The smallest absolute Gasteiger partial charge is 0.171 e. The topological polar surface area (TPSA) is 36.5 Å². The van der Waals surface area contributed by atoms with Gasteiger partial charge in [0.1, 0.15) is 0 Å². The molecule has 4 nitrogen and oxygen atoms in total. The van der Waals surface area contributed by atoms with Crippen LogP contribution in [0.2, 0.25) is 5.02 Å². The van der Waals surface area contributed by atoms with Gasteiger partial charge in [-0.1, -0.05) is 23.7 Å². The van der Waals surface area contributed by atoms with Crippen molar-refractivity contribution in [3.05, 3.63) is 51.7 Å². The maximum Gasteiger partial charge on any atom is 0.171 e. The van der Waals surface area contributed by atoms with Crippen molar-refractivity contribution in [2.75, 3.05) is 31.6 Å². The fourth-order valence-corrected chi connectivity index (χ4v) is 4.53. The van der Waals surface area contributed by atoms with Crippen molar-refractivity contribution >= 4 is 46.0 Å². The molecule has 134 valence electrons. The number of morpholine rings is 1. The Morgan fingerprint density at radius 3 is 2.76 bits per heavy atom. The van der Waals surface area contributed by atoms with Gasteiger partial charge in [-0.15, -0.1) is 11.3 Å². The van der Waals surface area contributed by atoms with Crippen LogP contribution >= 0.6 is 35.2 Å². The van der Waals surface area contributed by atoms with Crippen molar-refractivity contribution in [2.24, 2.45) is 0 Å². The van der Waals surface area contributed by atoms with Gasteiger partial charge in [-0.2, -0.15) is 0 Å². The van der Waals surface area contributed by atoms with Gasteiger partial charge in [0.15, 0.2) is 5.11 Å². The predicted molar refractivity (Wildman–Crippen MR) is 110 cm³/mol. The second kappa shape index (κ2) is 8.96. The molecule has 2 N–H and O–H groups in total. The molecule has 0 bridgehead atoms. The van der Waals surface area contributed by atoms with Crippen LogP contribution in [0.25, 0.3) is 0 Å². The molecule has 1 fully saturated rings. The number of anilines is 1. The lowest BCUT2D eigenvalue weighted by atomic mass is 10.1. The van der Waals surface area contributed by atoms with Crippen LogP contribution in [0, 0.1) is 0 Å². The lowest BCUT2D eigenvalue weighted by molar-refractivity contribution is 0.0110. The lowest BCUT2D eigenvalue weighted by Crippen LogP contribution is -2.49. The van der Waals surface area contributed by atoms with E-state index in [0.717, 1.165) is 32.0 Å². The van der Waals surface area contributed by atoms with E-state index in [4.69, 9.17) is 28.6 Å². The number of rotatable bonds is 5. The van der Waals surface area contributed by atoms with Crippen LogP contribution in [0.1, 0.15) is 17.8 Å². The molecule has 2 atom stereocenters. The Kier molecular flexibility index (Phi) is 6.67. The molecule has 0 saturated carbocycles. The van der Waals surface area contributed by atoms with Gasteiger partial charge in [-0.3, -0.25) is 4.90 Å². The molecule has 0 amide bonds. The molecule has 1 aromatic heterocycles. The van der Waals surface area contributed by atoms with Crippen molar-refractivity contribution < 1.29 is 4.74 Å². The summed E-state index contributed by atoms with van der Waals surface area (Å²) in [6.07, 6.45) is 0. The van der Waals surface area contributed by atoms with Crippen LogP contribution in [0.5, 0.6) is 0 Å². The number of halogens is 1. The summed E-state index contributed by atoms with van der Waals surface area (Å²) >= 11 is 13.3. The van der Waals surface area contributed by atoms with E-state index in [2.05, 4.69) is 40.0 Å². The van der Waals surface area contributed by atoms with Gasteiger partial charge in [-0.05, 0) is 48.8 Å². The van der Waals surface area contributed by atoms with Crippen LogP contribution in [-0.4, -0.2) is 42.4 Å². The Labute approximate surface area is 163 Å². The maximum absolute atomic E-state index is 6.03. The number of nitrogens with one attached hydrogen (secondary N) is 2. The van der Waals surface area contributed by atoms with Gasteiger partial charge in [-0.25, -0.2) is 0 Å². The number of nitrogens with zero attached hydrogens (tertiary/aromatic N) is 1. The van der Waals surface area contributed by atoms with Crippen molar-refractivity contribution in [1.29, 1.82) is 0 Å². The van der Waals surface area contributed by atoms with Gasteiger partial charge < -0.3 is 15.4 Å². The minimum Gasteiger partial charge on any atom is -0.379 e. The van der Waals surface area contributed by atoms with Crippen molar-refractivity contribution in [1.82, 2.24) is 10.2 Å². The van der Waals surface area contributed by atoms with E-state index in [-0.39, 0.29) is 12.1 Å². The number of hydrogen-bond donors (Lipinski definition) is 2. The Bertz CT molecular complexity index is 689. The van der Waals surface area contributed by atoms with Crippen molar-refractivity contribution in [2.45, 2.75) is 19.0 Å². The third-order valence-corrected chi connectivity index (χ3v) is 5.59. The number of thiophene rings is 1. The summed E-state index contributed by atoms with van der Waals surface area (Å²) in [5.74, 6) is 0. The van der Waals surface area contributed by atoms with Crippen molar-refractivity contribution in [3.63, 3.8) is 0 Å².